The van der Waals surface area contributed by atoms with E-state index in [9.17, 15) is 14.9 Å². The molecule has 1 fully saturated rings. The highest BCUT2D eigenvalue weighted by Crippen LogP contribution is 2.35. The average Bonchev–Trinajstić information content (AvgIpc) is 3.35. The number of hydrogen-bond donors (Lipinski definition) is 1. The van der Waals surface area contributed by atoms with Crippen LogP contribution in [0.1, 0.15) is 15.4 Å². The van der Waals surface area contributed by atoms with Gasteiger partial charge >= 0.3 is 0 Å². The lowest BCUT2D eigenvalue weighted by molar-refractivity contribution is -0.384. The summed E-state index contributed by atoms with van der Waals surface area (Å²) in [5.41, 5.74) is 2.23. The molecule has 0 spiro atoms. The third-order valence-electron chi connectivity index (χ3n) is 5.03. The summed E-state index contributed by atoms with van der Waals surface area (Å²) < 4.78 is 7.30. The van der Waals surface area contributed by atoms with Crippen molar-refractivity contribution in [3.05, 3.63) is 51.0 Å². The van der Waals surface area contributed by atoms with Crippen LogP contribution in [0.15, 0.2) is 30.3 Å². The summed E-state index contributed by atoms with van der Waals surface area (Å²) in [6, 6.07) is 8.42. The minimum Gasteiger partial charge on any atom is -0.378 e. The van der Waals surface area contributed by atoms with Gasteiger partial charge in [-0.15, -0.1) is 11.3 Å². The zero-order valence-electron chi connectivity index (χ0n) is 16.5. The molecule has 0 atom stereocenters. The van der Waals surface area contributed by atoms with E-state index < -0.39 is 10.8 Å². The number of fused-ring (bicyclic) bond motifs is 3. The van der Waals surface area contributed by atoms with Gasteiger partial charge < -0.3 is 9.64 Å². The van der Waals surface area contributed by atoms with E-state index in [4.69, 9.17) is 4.74 Å². The molecular formula is C20H17N5O4S2. The summed E-state index contributed by atoms with van der Waals surface area (Å²) in [7, 11) is 0. The van der Waals surface area contributed by atoms with Crippen LogP contribution < -0.4 is 10.2 Å². The lowest BCUT2D eigenvalue weighted by atomic mass is 10.1. The quantitative estimate of drug-likeness (QED) is 0.362. The lowest BCUT2D eigenvalue weighted by Crippen LogP contribution is -2.36. The summed E-state index contributed by atoms with van der Waals surface area (Å²) in [5.74, 6) is -0.443. The Labute approximate surface area is 184 Å². The molecule has 1 amide bonds. The smallest absolute Gasteiger partial charge is 0.293 e. The standard InChI is InChI=1S/C20H17N5O4S2/c1-11-21-17-16(30-11)5-3-13-18(17)31-20(22-13)23-19(26)12-2-4-14(15(10-12)25(27)28)24-6-8-29-9-7-24/h2-5,10H,6-9H2,1H3,(H,22,23,26). The summed E-state index contributed by atoms with van der Waals surface area (Å²) in [5, 5.41) is 15.8. The Bertz CT molecular complexity index is 1330. The number of aromatic nitrogens is 2. The molecule has 2 aromatic heterocycles. The molecule has 9 nitrogen and oxygen atoms in total. The molecule has 1 saturated heterocycles. The maximum atomic E-state index is 12.8. The monoisotopic (exact) mass is 455 g/mol. The van der Waals surface area contributed by atoms with E-state index in [0.717, 1.165) is 25.4 Å². The molecule has 158 valence electrons. The topological polar surface area (TPSA) is 110 Å². The number of nitro groups is 1. The maximum Gasteiger partial charge on any atom is 0.293 e. The van der Waals surface area contributed by atoms with Crippen LogP contribution in [0.2, 0.25) is 0 Å². The van der Waals surface area contributed by atoms with Gasteiger partial charge in [-0.2, -0.15) is 0 Å². The van der Waals surface area contributed by atoms with Crippen molar-refractivity contribution in [3.63, 3.8) is 0 Å². The van der Waals surface area contributed by atoms with E-state index >= 15 is 0 Å². The van der Waals surface area contributed by atoms with Gasteiger partial charge in [-0.3, -0.25) is 20.2 Å². The Kier molecular flexibility index (Phi) is 5.00. The number of carbonyl (C=O) groups excluding carboxylic acids is 1. The van der Waals surface area contributed by atoms with Crippen molar-refractivity contribution in [1.29, 1.82) is 0 Å². The Morgan fingerprint density at radius 1 is 1.19 bits per heavy atom. The molecule has 4 aromatic rings. The van der Waals surface area contributed by atoms with Crippen LogP contribution in [0.4, 0.5) is 16.5 Å². The van der Waals surface area contributed by atoms with Gasteiger partial charge in [0.25, 0.3) is 11.6 Å². The number of morpholine rings is 1. The molecule has 11 heteroatoms. The first kappa shape index (κ1) is 19.8. The predicted octanol–water partition coefficient (Wildman–Crippen LogP) is 4.21. The first-order valence-corrected chi connectivity index (χ1v) is 11.2. The van der Waals surface area contributed by atoms with Crippen LogP contribution in [0.3, 0.4) is 0 Å². The van der Waals surface area contributed by atoms with E-state index in [1.807, 2.05) is 24.0 Å². The summed E-state index contributed by atoms with van der Waals surface area (Å²) in [6.07, 6.45) is 0. The lowest BCUT2D eigenvalue weighted by Gasteiger charge is -2.28. The number of nitrogens with one attached hydrogen (secondary N) is 1. The number of amides is 1. The molecule has 1 aliphatic rings. The second-order valence-electron chi connectivity index (χ2n) is 7.03. The zero-order chi connectivity index (χ0) is 21.5. The van der Waals surface area contributed by atoms with Gasteiger partial charge in [0.1, 0.15) is 11.2 Å². The zero-order valence-corrected chi connectivity index (χ0v) is 18.1. The van der Waals surface area contributed by atoms with Crippen molar-refractivity contribution < 1.29 is 14.5 Å². The third kappa shape index (κ3) is 3.71. The molecule has 3 heterocycles. The van der Waals surface area contributed by atoms with Crippen molar-refractivity contribution in [2.75, 3.05) is 36.5 Å². The summed E-state index contributed by atoms with van der Waals surface area (Å²) in [6.45, 7) is 4.13. The first-order valence-electron chi connectivity index (χ1n) is 9.59. The van der Waals surface area contributed by atoms with Gasteiger partial charge in [0.2, 0.25) is 0 Å². The molecule has 5 rings (SSSR count). The van der Waals surface area contributed by atoms with Crippen molar-refractivity contribution in [1.82, 2.24) is 9.97 Å². The molecule has 2 aromatic carbocycles. The van der Waals surface area contributed by atoms with Crippen LogP contribution in [0.25, 0.3) is 20.4 Å². The van der Waals surface area contributed by atoms with Crippen LogP contribution in [0, 0.1) is 17.0 Å². The van der Waals surface area contributed by atoms with Gasteiger partial charge in [-0.1, -0.05) is 11.3 Å². The maximum absolute atomic E-state index is 12.8. The number of nitrogens with zero attached hydrogens (tertiary/aromatic N) is 4. The summed E-state index contributed by atoms with van der Waals surface area (Å²) >= 11 is 2.95. The van der Waals surface area contributed by atoms with Crippen LogP contribution >= 0.6 is 22.7 Å². The van der Waals surface area contributed by atoms with Gasteiger partial charge in [-0.25, -0.2) is 9.97 Å². The second kappa shape index (κ2) is 7.84. The van der Waals surface area contributed by atoms with E-state index in [2.05, 4.69) is 15.3 Å². The van der Waals surface area contributed by atoms with Gasteiger partial charge in [0, 0.05) is 24.7 Å². The fraction of sp³-hybridized carbons (Fsp3) is 0.250. The molecule has 0 radical (unpaired) electrons. The van der Waals surface area contributed by atoms with Gasteiger partial charge in [0.15, 0.2) is 5.13 Å². The minimum absolute atomic E-state index is 0.0986. The third-order valence-corrected chi connectivity index (χ3v) is 6.96. The van der Waals surface area contributed by atoms with E-state index in [-0.39, 0.29) is 11.3 Å². The van der Waals surface area contributed by atoms with Crippen LogP contribution in [-0.4, -0.2) is 47.1 Å². The van der Waals surface area contributed by atoms with Crippen LogP contribution in [-0.2, 0) is 4.74 Å². The molecule has 0 saturated carbocycles. The van der Waals surface area contributed by atoms with E-state index in [1.54, 1.807) is 23.5 Å². The van der Waals surface area contributed by atoms with Crippen molar-refractivity contribution in [3.8, 4) is 0 Å². The predicted molar refractivity (Wildman–Crippen MR) is 122 cm³/mol. The molecule has 31 heavy (non-hydrogen) atoms. The molecular weight excluding hydrogens is 438 g/mol. The highest BCUT2D eigenvalue weighted by molar-refractivity contribution is 7.24. The van der Waals surface area contributed by atoms with Gasteiger partial charge in [-0.05, 0) is 31.2 Å². The van der Waals surface area contributed by atoms with Crippen molar-refractivity contribution in [2.24, 2.45) is 0 Å². The number of anilines is 2. The van der Waals surface area contributed by atoms with E-state index in [0.29, 0.717) is 37.1 Å². The minimum atomic E-state index is -0.458. The molecule has 0 unspecified atom stereocenters. The second-order valence-corrected chi connectivity index (χ2v) is 9.26. The number of aryl methyl sites for hydroxylation is 1. The molecule has 1 aliphatic heterocycles. The average molecular weight is 456 g/mol. The number of rotatable bonds is 4. The van der Waals surface area contributed by atoms with Gasteiger partial charge in [0.05, 0.1) is 38.1 Å². The van der Waals surface area contributed by atoms with Crippen LogP contribution in [0.5, 0.6) is 0 Å². The SMILES string of the molecule is Cc1nc2c(ccc3nc(NC(=O)c4ccc(N5CCOCC5)c([N+](=O)[O-])c4)sc32)s1. The Hall–Kier alpha value is -3.15. The molecule has 0 bridgehead atoms. The largest absolute Gasteiger partial charge is 0.378 e. The Morgan fingerprint density at radius 3 is 2.77 bits per heavy atom. The number of nitro benzene ring substituents is 1. The highest BCUT2D eigenvalue weighted by atomic mass is 32.1. The molecule has 0 aliphatic carbocycles. The number of thiazole rings is 2. The molecule has 1 N–H and O–H groups in total. The summed E-state index contributed by atoms with van der Waals surface area (Å²) in [4.78, 5) is 34.9. The fourth-order valence-corrected chi connectivity index (χ4v) is 5.44. The number of ether oxygens (including phenoxy) is 1. The Balaban J connectivity index is 1.44. The number of hydrogen-bond acceptors (Lipinski definition) is 9. The van der Waals surface area contributed by atoms with Crippen molar-refractivity contribution >= 4 is 65.5 Å². The normalized spacial score (nSPS) is 14.3. The Morgan fingerprint density at radius 2 is 2.00 bits per heavy atom. The number of benzene rings is 2. The van der Waals surface area contributed by atoms with Crippen molar-refractivity contribution in [2.45, 2.75) is 6.92 Å². The van der Waals surface area contributed by atoms with E-state index in [1.165, 1.54) is 17.4 Å². The first-order chi connectivity index (χ1) is 15.0. The number of carbonyl (C=O) groups is 1. The fourth-order valence-electron chi connectivity index (χ4n) is 3.59. The highest BCUT2D eigenvalue weighted by Gasteiger charge is 2.24.